The van der Waals surface area contributed by atoms with Gasteiger partial charge in [0.1, 0.15) is 5.82 Å². The van der Waals surface area contributed by atoms with Crippen LogP contribution in [0.1, 0.15) is 12.0 Å². The molecule has 0 bridgehead atoms. The van der Waals surface area contributed by atoms with Crippen molar-refractivity contribution in [2.75, 3.05) is 5.33 Å². The molecule has 0 amide bonds. The first-order valence-electron chi connectivity index (χ1n) is 4.45. The molecule has 0 aliphatic carbocycles. The van der Waals surface area contributed by atoms with E-state index in [-0.39, 0.29) is 5.56 Å². The Hall–Kier alpha value is -1.43. The highest BCUT2D eigenvalue weighted by Crippen LogP contribution is 2.29. The molecule has 1 N–H and O–H groups in total. The standard InChI is InChI=1S/C10H9BrFNO3/c11-4-2-1-3-7-5-9(13(15)16)10(14)6-8(7)12/h1,3,5-6,14H,2,4H2. The van der Waals surface area contributed by atoms with Crippen LogP contribution in [0.25, 0.3) is 6.08 Å². The van der Waals surface area contributed by atoms with Crippen LogP contribution >= 0.6 is 15.9 Å². The first-order chi connectivity index (χ1) is 7.56. The van der Waals surface area contributed by atoms with Gasteiger partial charge in [0, 0.05) is 23.0 Å². The summed E-state index contributed by atoms with van der Waals surface area (Å²) in [4.78, 5) is 9.75. The Morgan fingerprint density at radius 3 is 2.81 bits per heavy atom. The second-order valence-corrected chi connectivity index (χ2v) is 3.79. The van der Waals surface area contributed by atoms with Crippen LogP contribution in [0.5, 0.6) is 5.75 Å². The number of alkyl halides is 1. The van der Waals surface area contributed by atoms with E-state index in [1.54, 1.807) is 6.08 Å². The monoisotopic (exact) mass is 289 g/mol. The zero-order valence-corrected chi connectivity index (χ0v) is 9.78. The van der Waals surface area contributed by atoms with E-state index in [4.69, 9.17) is 5.11 Å². The molecule has 0 saturated carbocycles. The van der Waals surface area contributed by atoms with Gasteiger partial charge >= 0.3 is 5.69 Å². The quantitative estimate of drug-likeness (QED) is 0.526. The van der Waals surface area contributed by atoms with Gasteiger partial charge in [-0.25, -0.2) is 4.39 Å². The number of allylic oxidation sites excluding steroid dienone is 1. The average molecular weight is 290 g/mol. The van der Waals surface area contributed by atoms with Crippen LogP contribution < -0.4 is 0 Å². The smallest absolute Gasteiger partial charge is 0.311 e. The second kappa shape index (κ2) is 5.60. The van der Waals surface area contributed by atoms with Crippen LogP contribution in [-0.4, -0.2) is 15.4 Å². The van der Waals surface area contributed by atoms with Gasteiger partial charge in [-0.3, -0.25) is 10.1 Å². The number of nitro groups is 1. The molecule has 0 aliphatic rings. The molecule has 1 aromatic carbocycles. The summed E-state index contributed by atoms with van der Waals surface area (Å²) >= 11 is 3.20. The van der Waals surface area contributed by atoms with Gasteiger partial charge in [0.25, 0.3) is 0 Å². The van der Waals surface area contributed by atoms with Crippen molar-refractivity contribution >= 4 is 27.7 Å². The summed E-state index contributed by atoms with van der Waals surface area (Å²) in [5, 5.41) is 20.4. The number of phenolic OH excluding ortho intramolecular Hbond substituents is 1. The second-order valence-electron chi connectivity index (χ2n) is 3.00. The van der Waals surface area contributed by atoms with E-state index < -0.39 is 22.2 Å². The van der Waals surface area contributed by atoms with Gasteiger partial charge in [0.05, 0.1) is 4.92 Å². The molecule has 0 radical (unpaired) electrons. The number of rotatable bonds is 4. The van der Waals surface area contributed by atoms with Crippen molar-refractivity contribution in [1.29, 1.82) is 0 Å². The van der Waals surface area contributed by atoms with Crippen molar-refractivity contribution < 1.29 is 14.4 Å². The zero-order chi connectivity index (χ0) is 12.1. The molecule has 6 heteroatoms. The summed E-state index contributed by atoms with van der Waals surface area (Å²) in [6.07, 6.45) is 3.82. The van der Waals surface area contributed by atoms with Crippen molar-refractivity contribution in [3.8, 4) is 5.75 Å². The molecule has 1 rings (SSSR count). The maximum absolute atomic E-state index is 13.3. The molecule has 0 fully saturated rings. The third-order valence-electron chi connectivity index (χ3n) is 1.86. The topological polar surface area (TPSA) is 63.4 Å². The Morgan fingerprint density at radius 1 is 1.56 bits per heavy atom. The maximum atomic E-state index is 13.3. The fraction of sp³-hybridized carbons (Fsp3) is 0.200. The van der Waals surface area contributed by atoms with Crippen molar-refractivity contribution in [1.82, 2.24) is 0 Å². The molecule has 0 atom stereocenters. The number of phenols is 1. The molecule has 0 unspecified atom stereocenters. The average Bonchev–Trinajstić information content (AvgIpc) is 2.21. The summed E-state index contributed by atoms with van der Waals surface area (Å²) in [6.45, 7) is 0. The van der Waals surface area contributed by atoms with Gasteiger partial charge in [-0.15, -0.1) is 0 Å². The Kier molecular flexibility index (Phi) is 4.42. The van der Waals surface area contributed by atoms with Gasteiger partial charge in [0.2, 0.25) is 0 Å². The lowest BCUT2D eigenvalue weighted by molar-refractivity contribution is -0.385. The number of halogens is 2. The molecular formula is C10H9BrFNO3. The number of hydrogen-bond donors (Lipinski definition) is 1. The normalized spacial score (nSPS) is 10.9. The molecule has 16 heavy (non-hydrogen) atoms. The Labute approximate surface area is 99.7 Å². The minimum absolute atomic E-state index is 0.0884. The fourth-order valence-electron chi connectivity index (χ4n) is 1.11. The minimum Gasteiger partial charge on any atom is -0.502 e. The molecule has 1 aromatic rings. The van der Waals surface area contributed by atoms with Crippen LogP contribution in [0.15, 0.2) is 18.2 Å². The lowest BCUT2D eigenvalue weighted by Gasteiger charge is -2.00. The van der Waals surface area contributed by atoms with Crippen molar-refractivity contribution in [2.45, 2.75) is 6.42 Å². The summed E-state index contributed by atoms with van der Waals surface area (Å²) < 4.78 is 13.3. The molecule has 0 spiro atoms. The number of nitro benzene ring substituents is 1. The predicted molar refractivity (Wildman–Crippen MR) is 62.2 cm³/mol. The largest absolute Gasteiger partial charge is 0.502 e. The molecule has 0 saturated heterocycles. The number of aromatic hydroxyl groups is 1. The van der Waals surface area contributed by atoms with E-state index in [0.29, 0.717) is 6.42 Å². The van der Waals surface area contributed by atoms with Gasteiger partial charge in [-0.2, -0.15) is 0 Å². The highest BCUT2D eigenvalue weighted by molar-refractivity contribution is 9.09. The van der Waals surface area contributed by atoms with Crippen LogP contribution in [0, 0.1) is 15.9 Å². The predicted octanol–water partition coefficient (Wildman–Crippen LogP) is 3.24. The van der Waals surface area contributed by atoms with Crippen molar-refractivity contribution in [2.24, 2.45) is 0 Å². The Balaban J connectivity index is 3.09. The van der Waals surface area contributed by atoms with Crippen LogP contribution in [0.4, 0.5) is 10.1 Å². The van der Waals surface area contributed by atoms with E-state index in [1.165, 1.54) is 6.08 Å². The van der Waals surface area contributed by atoms with Gasteiger partial charge < -0.3 is 5.11 Å². The number of hydrogen-bond acceptors (Lipinski definition) is 3. The summed E-state index contributed by atoms with van der Waals surface area (Å²) in [5.74, 6) is -1.35. The van der Waals surface area contributed by atoms with Gasteiger partial charge in [-0.1, -0.05) is 28.1 Å². The third-order valence-corrected chi connectivity index (χ3v) is 2.32. The molecule has 4 nitrogen and oxygen atoms in total. The van der Waals surface area contributed by atoms with Crippen LogP contribution in [-0.2, 0) is 0 Å². The lowest BCUT2D eigenvalue weighted by Crippen LogP contribution is -1.92. The fourth-order valence-corrected chi connectivity index (χ4v) is 1.38. The number of benzene rings is 1. The zero-order valence-electron chi connectivity index (χ0n) is 8.19. The summed E-state index contributed by atoms with van der Waals surface area (Å²) in [5.41, 5.74) is -0.412. The first-order valence-corrected chi connectivity index (χ1v) is 5.58. The Morgan fingerprint density at radius 2 is 2.25 bits per heavy atom. The van der Waals surface area contributed by atoms with Crippen molar-refractivity contribution in [3.05, 3.63) is 39.7 Å². The molecule has 86 valence electrons. The molecule has 0 aliphatic heterocycles. The van der Waals surface area contributed by atoms with E-state index in [9.17, 15) is 14.5 Å². The molecular weight excluding hydrogens is 281 g/mol. The van der Waals surface area contributed by atoms with Gasteiger partial charge in [-0.05, 0) is 6.42 Å². The molecule has 0 heterocycles. The van der Waals surface area contributed by atoms with E-state index in [2.05, 4.69) is 15.9 Å². The minimum atomic E-state index is -0.753. The molecule has 0 aromatic heterocycles. The SMILES string of the molecule is O=[N+]([O-])c1cc(C=CCCBr)c(F)cc1O. The highest BCUT2D eigenvalue weighted by atomic mass is 79.9. The van der Waals surface area contributed by atoms with E-state index in [1.807, 2.05) is 0 Å². The highest BCUT2D eigenvalue weighted by Gasteiger charge is 2.16. The summed E-state index contributed by atoms with van der Waals surface area (Å²) in [7, 11) is 0. The third kappa shape index (κ3) is 3.03. The van der Waals surface area contributed by atoms with Crippen molar-refractivity contribution in [3.63, 3.8) is 0 Å². The van der Waals surface area contributed by atoms with E-state index >= 15 is 0 Å². The van der Waals surface area contributed by atoms with Crippen LogP contribution in [0.3, 0.4) is 0 Å². The lowest BCUT2D eigenvalue weighted by atomic mass is 10.1. The van der Waals surface area contributed by atoms with Crippen LogP contribution in [0.2, 0.25) is 0 Å². The number of nitrogens with zero attached hydrogens (tertiary/aromatic N) is 1. The first kappa shape index (κ1) is 12.6. The summed E-state index contributed by atoms with van der Waals surface area (Å²) in [6, 6.07) is 1.75. The van der Waals surface area contributed by atoms with E-state index in [0.717, 1.165) is 17.5 Å². The van der Waals surface area contributed by atoms with Gasteiger partial charge in [0.15, 0.2) is 5.75 Å². The maximum Gasteiger partial charge on any atom is 0.311 e. The Bertz CT molecular complexity index is 434.